The van der Waals surface area contributed by atoms with Crippen LogP contribution in [-0.2, 0) is 23.8 Å². The average molecular weight is 1290 g/mol. The predicted molar refractivity (Wildman–Crippen MR) is 385 cm³/mol. The number of hydrogen-bond donors (Lipinski definition) is 6. The van der Waals surface area contributed by atoms with Crippen molar-refractivity contribution in [3.63, 3.8) is 0 Å². The normalized spacial score (nSPS) is 17.5. The molecular weight excluding hydrogens is 1130 g/mol. The predicted octanol–water partition coefficient (Wildman–Crippen LogP) is 21.8. The number of aliphatic hydroxyl groups excluding tert-OH is 5. The molecule has 7 unspecified atom stereocenters. The molecule has 0 aromatic rings. The number of aliphatic hydroxyl groups is 5. The van der Waals surface area contributed by atoms with E-state index in [0.717, 1.165) is 51.4 Å². The highest BCUT2D eigenvalue weighted by Crippen LogP contribution is 2.24. The van der Waals surface area contributed by atoms with Crippen molar-refractivity contribution in [1.29, 1.82) is 0 Å². The third-order valence-corrected chi connectivity index (χ3v) is 19.7. The first kappa shape index (κ1) is 87.4. The van der Waals surface area contributed by atoms with E-state index in [2.05, 4.69) is 19.2 Å². The van der Waals surface area contributed by atoms with Gasteiger partial charge in [-0.15, -0.1) is 0 Å². The van der Waals surface area contributed by atoms with Gasteiger partial charge in [0.2, 0.25) is 5.91 Å². The minimum Gasteiger partial charge on any atom is -0.466 e. The van der Waals surface area contributed by atoms with Crippen LogP contribution < -0.4 is 5.32 Å². The molecule has 0 spiro atoms. The topological polar surface area (TPSA) is 175 Å². The number of carbonyl (C=O) groups excluding carboxylic acids is 2. The van der Waals surface area contributed by atoms with Crippen molar-refractivity contribution in [2.24, 2.45) is 0 Å². The summed E-state index contributed by atoms with van der Waals surface area (Å²) in [4.78, 5) is 25.2. The maximum absolute atomic E-state index is 13.0. The van der Waals surface area contributed by atoms with Crippen molar-refractivity contribution in [3.8, 4) is 0 Å². The Labute approximate surface area is 563 Å². The molecular formula is C80H155NO10. The van der Waals surface area contributed by atoms with Crippen LogP contribution in [0, 0.1) is 0 Å². The summed E-state index contributed by atoms with van der Waals surface area (Å²) in [6.07, 6.45) is 78.4. The molecule has 0 aromatic carbocycles. The van der Waals surface area contributed by atoms with Crippen molar-refractivity contribution in [2.75, 3.05) is 19.8 Å². The molecule has 7 atom stereocenters. The van der Waals surface area contributed by atoms with Crippen LogP contribution in [0.5, 0.6) is 0 Å². The van der Waals surface area contributed by atoms with E-state index in [1.54, 1.807) is 6.08 Å². The number of esters is 1. The number of amides is 1. The summed E-state index contributed by atoms with van der Waals surface area (Å²) >= 11 is 0. The van der Waals surface area contributed by atoms with Gasteiger partial charge in [0.05, 0.1) is 32.0 Å². The van der Waals surface area contributed by atoms with E-state index >= 15 is 0 Å². The van der Waals surface area contributed by atoms with Gasteiger partial charge < -0.3 is 45.1 Å². The van der Waals surface area contributed by atoms with Gasteiger partial charge in [0.1, 0.15) is 24.4 Å². The summed E-state index contributed by atoms with van der Waals surface area (Å²) in [6, 6.07) is -0.804. The molecule has 1 rings (SSSR count). The van der Waals surface area contributed by atoms with Crippen molar-refractivity contribution in [2.45, 2.75) is 468 Å². The minimum atomic E-state index is -1.57. The van der Waals surface area contributed by atoms with Gasteiger partial charge in [0.25, 0.3) is 0 Å². The highest BCUT2D eigenvalue weighted by molar-refractivity contribution is 5.76. The Morgan fingerprint density at radius 3 is 1.02 bits per heavy atom. The van der Waals surface area contributed by atoms with E-state index in [9.17, 15) is 35.1 Å². The molecule has 1 aliphatic rings. The number of ether oxygens (including phenoxy) is 3. The smallest absolute Gasteiger partial charge is 0.305 e. The standard InChI is InChI=1S/C80H155NO10/c1-3-5-7-9-11-13-15-16-17-42-45-48-52-56-60-64-68-76(85)89-69-65-61-57-53-49-46-43-40-38-36-34-32-30-28-26-24-22-20-18-19-21-23-25-27-29-31-33-35-37-39-41-44-47-51-55-59-63-67-75(84)81-72(71-90-80-79(88)78(87)77(86)74(70-82)91-80)73(83)66-62-58-54-50-14-12-10-8-6-4-2/h62,66,72-74,77-80,82-83,86-88H,3-61,63-65,67-71H2,1-2H3,(H,81,84)/b66-62+. The molecule has 0 saturated carbocycles. The van der Waals surface area contributed by atoms with Crippen LogP contribution in [-0.4, -0.2) is 100 Å². The van der Waals surface area contributed by atoms with Gasteiger partial charge in [-0.1, -0.05) is 392 Å². The monoisotopic (exact) mass is 1290 g/mol. The second kappa shape index (κ2) is 69.7. The number of allylic oxidation sites excluding steroid dienone is 1. The zero-order valence-electron chi connectivity index (χ0n) is 60.3. The molecule has 0 aliphatic carbocycles. The summed E-state index contributed by atoms with van der Waals surface area (Å²) in [5.41, 5.74) is 0. The molecule has 91 heavy (non-hydrogen) atoms. The SMILES string of the molecule is CCCCCCCCCC/C=C/C(O)C(COC1OC(CO)C(O)C(O)C1O)NC(=O)CCCCCCCCCCCCCCCCCCCCCCCCCCCCCCCCCCCCCCCOC(=O)CCCCCCCCCCCCCCCCCC. The lowest BCUT2D eigenvalue weighted by atomic mass is 9.99. The molecule has 0 radical (unpaired) electrons. The first-order valence-electron chi connectivity index (χ1n) is 40.5. The van der Waals surface area contributed by atoms with E-state index in [1.807, 2.05) is 6.08 Å². The van der Waals surface area contributed by atoms with Crippen LogP contribution >= 0.6 is 0 Å². The van der Waals surface area contributed by atoms with Gasteiger partial charge in [-0.25, -0.2) is 0 Å². The number of rotatable bonds is 73. The molecule has 1 amide bonds. The van der Waals surface area contributed by atoms with Crippen molar-refractivity contribution >= 4 is 11.9 Å². The molecule has 0 aromatic heterocycles. The highest BCUT2D eigenvalue weighted by Gasteiger charge is 2.44. The van der Waals surface area contributed by atoms with Gasteiger partial charge in [-0.2, -0.15) is 0 Å². The molecule has 540 valence electrons. The Kier molecular flexibility index (Phi) is 67.0. The summed E-state index contributed by atoms with van der Waals surface area (Å²) in [5, 5.41) is 54.4. The average Bonchev–Trinajstić information content (AvgIpc) is 1.35. The highest BCUT2D eigenvalue weighted by atomic mass is 16.7. The van der Waals surface area contributed by atoms with Crippen LogP contribution in [0.4, 0.5) is 0 Å². The molecule has 11 nitrogen and oxygen atoms in total. The maximum atomic E-state index is 13.0. The van der Waals surface area contributed by atoms with Crippen molar-refractivity contribution in [1.82, 2.24) is 5.32 Å². The Hall–Kier alpha value is -1.60. The Morgan fingerprint density at radius 1 is 0.396 bits per heavy atom. The zero-order valence-corrected chi connectivity index (χ0v) is 60.3. The zero-order chi connectivity index (χ0) is 65.8. The van der Waals surface area contributed by atoms with Crippen LogP contribution in [0.3, 0.4) is 0 Å². The fourth-order valence-corrected chi connectivity index (χ4v) is 13.3. The van der Waals surface area contributed by atoms with E-state index < -0.39 is 49.5 Å². The summed E-state index contributed by atoms with van der Waals surface area (Å²) in [6.45, 7) is 4.39. The quantitative estimate of drug-likeness (QED) is 0.0195. The Bertz CT molecular complexity index is 1510. The summed E-state index contributed by atoms with van der Waals surface area (Å²) in [5.74, 6) is -0.153. The molecule has 1 saturated heterocycles. The van der Waals surface area contributed by atoms with Crippen molar-refractivity contribution < 1.29 is 49.3 Å². The molecule has 1 fully saturated rings. The van der Waals surface area contributed by atoms with Gasteiger partial charge in [0.15, 0.2) is 6.29 Å². The third kappa shape index (κ3) is 58.3. The molecule has 6 N–H and O–H groups in total. The van der Waals surface area contributed by atoms with Crippen molar-refractivity contribution in [3.05, 3.63) is 12.2 Å². The minimum absolute atomic E-state index is 0.0218. The van der Waals surface area contributed by atoms with E-state index in [4.69, 9.17) is 14.2 Å². The van der Waals surface area contributed by atoms with E-state index in [-0.39, 0.29) is 18.5 Å². The number of unbranched alkanes of at least 4 members (excludes halogenated alkanes) is 59. The first-order valence-corrected chi connectivity index (χ1v) is 40.5. The third-order valence-electron chi connectivity index (χ3n) is 19.7. The molecule has 1 heterocycles. The second-order valence-electron chi connectivity index (χ2n) is 28.5. The second-order valence-corrected chi connectivity index (χ2v) is 28.5. The lowest BCUT2D eigenvalue weighted by Gasteiger charge is -2.40. The van der Waals surface area contributed by atoms with E-state index in [1.165, 1.54) is 347 Å². The van der Waals surface area contributed by atoms with E-state index in [0.29, 0.717) is 19.4 Å². The maximum Gasteiger partial charge on any atom is 0.305 e. The Balaban J connectivity index is 1.84. The van der Waals surface area contributed by atoms with Crippen LogP contribution in [0.15, 0.2) is 12.2 Å². The van der Waals surface area contributed by atoms with Gasteiger partial charge in [-0.3, -0.25) is 9.59 Å². The largest absolute Gasteiger partial charge is 0.466 e. The van der Waals surface area contributed by atoms with Crippen LogP contribution in [0.1, 0.15) is 425 Å². The number of hydrogen-bond acceptors (Lipinski definition) is 10. The molecule has 11 heteroatoms. The van der Waals surface area contributed by atoms with Gasteiger partial charge >= 0.3 is 5.97 Å². The lowest BCUT2D eigenvalue weighted by molar-refractivity contribution is -0.302. The van der Waals surface area contributed by atoms with Gasteiger partial charge in [-0.05, 0) is 32.1 Å². The number of nitrogens with one attached hydrogen (secondary N) is 1. The summed E-state index contributed by atoms with van der Waals surface area (Å²) in [7, 11) is 0. The first-order chi connectivity index (χ1) is 44.7. The molecule has 1 aliphatic heterocycles. The fourth-order valence-electron chi connectivity index (χ4n) is 13.3. The summed E-state index contributed by atoms with van der Waals surface area (Å²) < 4.78 is 16.8. The van der Waals surface area contributed by atoms with Gasteiger partial charge in [0, 0.05) is 12.8 Å². The lowest BCUT2D eigenvalue weighted by Crippen LogP contribution is -2.60. The van der Waals surface area contributed by atoms with Crippen LogP contribution in [0.25, 0.3) is 0 Å². The number of carbonyl (C=O) groups is 2. The fraction of sp³-hybridized carbons (Fsp3) is 0.950. The Morgan fingerprint density at radius 2 is 0.692 bits per heavy atom. The molecule has 0 bridgehead atoms. The van der Waals surface area contributed by atoms with Crippen LogP contribution in [0.2, 0.25) is 0 Å².